The van der Waals surface area contributed by atoms with Gasteiger partial charge < -0.3 is 4.90 Å². The van der Waals surface area contributed by atoms with Gasteiger partial charge in [0.15, 0.2) is 9.84 Å². The summed E-state index contributed by atoms with van der Waals surface area (Å²) in [5, 5.41) is -0.112. The van der Waals surface area contributed by atoms with Crippen molar-refractivity contribution >= 4 is 38.9 Å². The molecule has 0 N–H and O–H groups in total. The van der Waals surface area contributed by atoms with E-state index in [0.29, 0.717) is 28.7 Å². The van der Waals surface area contributed by atoms with Crippen LogP contribution in [0.5, 0.6) is 0 Å². The van der Waals surface area contributed by atoms with E-state index in [-0.39, 0.29) is 5.91 Å². The lowest BCUT2D eigenvalue weighted by atomic mass is 10.2. The van der Waals surface area contributed by atoms with E-state index in [0.717, 1.165) is 6.42 Å². The molecule has 0 aromatic heterocycles. The summed E-state index contributed by atoms with van der Waals surface area (Å²) < 4.78 is 24.5. The highest BCUT2D eigenvalue weighted by molar-refractivity contribution is 7.92. The van der Waals surface area contributed by atoms with Crippen molar-refractivity contribution in [1.82, 2.24) is 4.90 Å². The molecule has 110 valence electrons. The average molecular weight is 336 g/mol. The van der Waals surface area contributed by atoms with Crippen LogP contribution < -0.4 is 0 Å². The zero-order chi connectivity index (χ0) is 14.9. The van der Waals surface area contributed by atoms with E-state index < -0.39 is 20.8 Å². The van der Waals surface area contributed by atoms with Crippen LogP contribution in [0.25, 0.3) is 0 Å². The van der Waals surface area contributed by atoms with Crippen LogP contribution in [0.1, 0.15) is 24.2 Å². The molecule has 1 aromatic rings. The lowest BCUT2D eigenvalue weighted by molar-refractivity contribution is -0.131. The summed E-state index contributed by atoms with van der Waals surface area (Å²) in [7, 11) is -3.56. The molecule has 20 heavy (non-hydrogen) atoms. The molecule has 1 saturated heterocycles. The van der Waals surface area contributed by atoms with Crippen LogP contribution in [0.15, 0.2) is 18.2 Å². The van der Waals surface area contributed by atoms with Gasteiger partial charge in [0.1, 0.15) is 5.75 Å². The number of carbonyl (C=O) groups is 1. The largest absolute Gasteiger partial charge is 0.342 e. The maximum Gasteiger partial charge on any atom is 0.237 e. The highest BCUT2D eigenvalue weighted by atomic mass is 35.5. The van der Waals surface area contributed by atoms with Gasteiger partial charge in [-0.15, -0.1) is 0 Å². The minimum Gasteiger partial charge on any atom is -0.342 e. The van der Waals surface area contributed by atoms with Gasteiger partial charge in [-0.05, 0) is 31.0 Å². The average Bonchev–Trinajstić information content (AvgIpc) is 2.28. The summed E-state index contributed by atoms with van der Waals surface area (Å²) in [5.74, 6) is -0.794. The van der Waals surface area contributed by atoms with Crippen molar-refractivity contribution in [1.29, 1.82) is 0 Å². The zero-order valence-corrected chi connectivity index (χ0v) is 13.3. The van der Waals surface area contributed by atoms with Crippen molar-refractivity contribution in [2.75, 3.05) is 18.8 Å². The van der Waals surface area contributed by atoms with E-state index in [2.05, 4.69) is 0 Å². The van der Waals surface area contributed by atoms with Crippen molar-refractivity contribution in [3.63, 3.8) is 0 Å². The molecule has 7 heteroatoms. The Balaban J connectivity index is 2.15. The lowest BCUT2D eigenvalue weighted by Gasteiger charge is -2.31. The van der Waals surface area contributed by atoms with E-state index in [9.17, 15) is 13.2 Å². The third-order valence-electron chi connectivity index (χ3n) is 3.49. The SMILES string of the molecule is CC(c1ccc(Cl)c(Cl)c1)S(=O)(=O)CC(=O)N1CCC1. The number of rotatable bonds is 4. The Kier molecular flexibility index (Phi) is 4.62. The highest BCUT2D eigenvalue weighted by Crippen LogP contribution is 2.29. The Bertz CT molecular complexity index is 627. The first-order chi connectivity index (χ1) is 9.31. The van der Waals surface area contributed by atoms with Gasteiger partial charge in [-0.25, -0.2) is 8.42 Å². The molecular formula is C13H15Cl2NO3S. The van der Waals surface area contributed by atoms with Crippen LogP contribution in [-0.4, -0.2) is 38.1 Å². The summed E-state index contributed by atoms with van der Waals surface area (Å²) >= 11 is 11.7. The monoisotopic (exact) mass is 335 g/mol. The second kappa shape index (κ2) is 5.92. The molecule has 1 heterocycles. The van der Waals surface area contributed by atoms with Crippen LogP contribution in [0.4, 0.5) is 0 Å². The van der Waals surface area contributed by atoms with E-state index in [1.54, 1.807) is 24.0 Å². The van der Waals surface area contributed by atoms with E-state index >= 15 is 0 Å². The molecule has 0 radical (unpaired) electrons. The maximum atomic E-state index is 12.3. The molecular weight excluding hydrogens is 321 g/mol. The minimum atomic E-state index is -3.56. The Hall–Kier alpha value is -0.780. The van der Waals surface area contributed by atoms with Crippen molar-refractivity contribution in [3.05, 3.63) is 33.8 Å². The number of likely N-dealkylation sites (tertiary alicyclic amines) is 1. The van der Waals surface area contributed by atoms with Crippen molar-refractivity contribution in [2.24, 2.45) is 0 Å². The quantitative estimate of drug-likeness (QED) is 0.849. The Morgan fingerprint density at radius 3 is 2.45 bits per heavy atom. The number of hydrogen-bond donors (Lipinski definition) is 0. The fourth-order valence-electron chi connectivity index (χ4n) is 1.93. The Morgan fingerprint density at radius 2 is 1.95 bits per heavy atom. The smallest absolute Gasteiger partial charge is 0.237 e. The highest BCUT2D eigenvalue weighted by Gasteiger charge is 2.30. The third-order valence-corrected chi connectivity index (χ3v) is 6.22. The van der Waals surface area contributed by atoms with Crippen molar-refractivity contribution < 1.29 is 13.2 Å². The molecule has 1 unspecified atom stereocenters. The number of nitrogens with zero attached hydrogens (tertiary/aromatic N) is 1. The Morgan fingerprint density at radius 1 is 1.30 bits per heavy atom. The second-order valence-corrected chi connectivity index (χ2v) is 7.99. The van der Waals surface area contributed by atoms with E-state index in [1.165, 1.54) is 6.07 Å². The Labute approximate surface area is 128 Å². The normalized spacial score (nSPS) is 16.6. The number of halogens is 2. The fraction of sp³-hybridized carbons (Fsp3) is 0.462. The maximum absolute atomic E-state index is 12.3. The topological polar surface area (TPSA) is 54.5 Å². The predicted octanol–water partition coefficient (Wildman–Crippen LogP) is 2.70. The first-order valence-corrected chi connectivity index (χ1v) is 8.72. The van der Waals surface area contributed by atoms with Crippen molar-refractivity contribution in [2.45, 2.75) is 18.6 Å². The number of hydrogen-bond acceptors (Lipinski definition) is 3. The number of amides is 1. The van der Waals surface area contributed by atoms with Gasteiger partial charge in [0.05, 0.1) is 15.3 Å². The first kappa shape index (κ1) is 15.6. The molecule has 4 nitrogen and oxygen atoms in total. The third kappa shape index (κ3) is 3.27. The van der Waals surface area contributed by atoms with Gasteiger partial charge in [-0.2, -0.15) is 0 Å². The van der Waals surface area contributed by atoms with Crippen LogP contribution in [0.2, 0.25) is 10.0 Å². The molecule has 1 atom stereocenters. The summed E-state index contributed by atoms with van der Waals surface area (Å²) in [6.45, 7) is 2.85. The fourth-order valence-corrected chi connectivity index (χ4v) is 3.57. The molecule has 1 fully saturated rings. The summed E-state index contributed by atoms with van der Waals surface area (Å²) in [4.78, 5) is 13.4. The van der Waals surface area contributed by atoms with Crippen molar-refractivity contribution in [3.8, 4) is 0 Å². The van der Waals surface area contributed by atoms with E-state index in [1.807, 2.05) is 0 Å². The molecule has 1 aliphatic rings. The molecule has 1 amide bonds. The van der Waals surface area contributed by atoms with Crippen LogP contribution in [0, 0.1) is 0 Å². The van der Waals surface area contributed by atoms with Gasteiger partial charge in [0, 0.05) is 13.1 Å². The molecule has 2 rings (SSSR count). The van der Waals surface area contributed by atoms with Gasteiger partial charge in [0.2, 0.25) is 5.91 Å². The molecule has 1 aliphatic heterocycles. The molecule has 0 spiro atoms. The zero-order valence-electron chi connectivity index (χ0n) is 11.0. The minimum absolute atomic E-state index is 0.306. The van der Waals surface area contributed by atoms with Gasteiger partial charge in [-0.3, -0.25) is 4.79 Å². The van der Waals surface area contributed by atoms with E-state index in [4.69, 9.17) is 23.2 Å². The standard InChI is InChI=1S/C13H15Cl2NO3S/c1-9(10-3-4-11(14)12(15)7-10)20(18,19)8-13(17)16-5-2-6-16/h3-4,7,9H,2,5-6,8H2,1H3. The van der Waals surface area contributed by atoms with Crippen LogP contribution in [-0.2, 0) is 14.6 Å². The van der Waals surface area contributed by atoms with Gasteiger partial charge in [-0.1, -0.05) is 29.3 Å². The molecule has 0 saturated carbocycles. The molecule has 0 bridgehead atoms. The predicted molar refractivity (Wildman–Crippen MR) is 79.9 cm³/mol. The lowest BCUT2D eigenvalue weighted by Crippen LogP contribution is -2.45. The first-order valence-electron chi connectivity index (χ1n) is 6.25. The summed E-state index contributed by atoms with van der Waals surface area (Å²) in [5.41, 5.74) is 0.538. The van der Waals surface area contributed by atoms with Crippen LogP contribution in [0.3, 0.4) is 0 Å². The summed E-state index contributed by atoms with van der Waals surface area (Å²) in [6.07, 6.45) is 0.939. The number of sulfone groups is 1. The number of carbonyl (C=O) groups excluding carboxylic acids is 1. The van der Waals surface area contributed by atoms with Gasteiger partial charge >= 0.3 is 0 Å². The summed E-state index contributed by atoms with van der Waals surface area (Å²) in [6, 6.07) is 4.70. The van der Waals surface area contributed by atoms with Crippen LogP contribution >= 0.6 is 23.2 Å². The number of benzene rings is 1. The second-order valence-electron chi connectivity index (χ2n) is 4.86. The molecule has 1 aromatic carbocycles. The van der Waals surface area contributed by atoms with Gasteiger partial charge in [0.25, 0.3) is 0 Å². The molecule has 0 aliphatic carbocycles.